The van der Waals surface area contributed by atoms with Gasteiger partial charge in [-0.15, -0.1) is 0 Å². The number of fused-ring (bicyclic) bond motifs is 1. The van der Waals surface area contributed by atoms with Crippen LogP contribution < -0.4 is 5.73 Å². The maximum absolute atomic E-state index is 6.07. The van der Waals surface area contributed by atoms with Gasteiger partial charge < -0.3 is 10.5 Å². The van der Waals surface area contributed by atoms with Gasteiger partial charge in [0.25, 0.3) is 0 Å². The van der Waals surface area contributed by atoms with Crippen molar-refractivity contribution in [2.24, 2.45) is 0 Å². The number of rotatable bonds is 3. The van der Waals surface area contributed by atoms with Crippen LogP contribution in [0, 0.1) is 0 Å². The molecule has 0 radical (unpaired) electrons. The van der Waals surface area contributed by atoms with E-state index in [9.17, 15) is 0 Å². The number of pyridine rings is 1. The number of nitrogen functional groups attached to an aromatic ring is 1. The number of nitrogens with zero attached hydrogens (tertiary/aromatic N) is 1. The molecule has 0 spiro atoms. The van der Waals surface area contributed by atoms with E-state index >= 15 is 0 Å². The number of hydrogen-bond acceptors (Lipinski definition) is 3. The number of hydrogen-bond donors (Lipinski definition) is 1. The molecule has 3 nitrogen and oxygen atoms in total. The number of benzene rings is 1. The van der Waals surface area contributed by atoms with Crippen molar-refractivity contribution in [2.45, 2.75) is 32.0 Å². The van der Waals surface area contributed by atoms with Crippen molar-refractivity contribution in [3.05, 3.63) is 59.3 Å². The van der Waals surface area contributed by atoms with Crippen molar-refractivity contribution in [1.82, 2.24) is 4.98 Å². The second-order valence-corrected chi connectivity index (χ2v) is 4.98. The van der Waals surface area contributed by atoms with Crippen LogP contribution in [-0.4, -0.2) is 4.98 Å². The summed E-state index contributed by atoms with van der Waals surface area (Å²) in [4.78, 5) is 3.99. The van der Waals surface area contributed by atoms with Gasteiger partial charge in [-0.3, -0.25) is 0 Å². The first-order valence-corrected chi connectivity index (χ1v) is 6.73. The lowest BCUT2D eigenvalue weighted by Gasteiger charge is -2.25. The van der Waals surface area contributed by atoms with Gasteiger partial charge >= 0.3 is 0 Å². The Balaban J connectivity index is 1.71. The van der Waals surface area contributed by atoms with E-state index < -0.39 is 0 Å². The van der Waals surface area contributed by atoms with Crippen LogP contribution in [0.5, 0.6) is 0 Å². The van der Waals surface area contributed by atoms with E-state index in [-0.39, 0.29) is 6.10 Å². The monoisotopic (exact) mass is 254 g/mol. The van der Waals surface area contributed by atoms with E-state index in [4.69, 9.17) is 10.5 Å². The molecule has 0 unspecified atom stereocenters. The molecule has 98 valence electrons. The third-order valence-electron chi connectivity index (χ3n) is 3.61. The molecule has 1 aliphatic rings. The molecule has 0 fully saturated rings. The fraction of sp³-hybridized carbons (Fsp3) is 0.312. The first-order valence-electron chi connectivity index (χ1n) is 6.73. The summed E-state index contributed by atoms with van der Waals surface area (Å²) in [7, 11) is 0. The van der Waals surface area contributed by atoms with E-state index in [1.165, 1.54) is 17.5 Å². The molecule has 1 heterocycles. The SMILES string of the molecule is Nc1cc(CO[C@@H]2CCCc3ccccc32)ccn1. The number of anilines is 1. The molecule has 0 saturated carbocycles. The van der Waals surface area contributed by atoms with Gasteiger partial charge in [-0.1, -0.05) is 24.3 Å². The van der Waals surface area contributed by atoms with Crippen LogP contribution in [0.25, 0.3) is 0 Å². The number of aromatic nitrogens is 1. The van der Waals surface area contributed by atoms with Gasteiger partial charge in [0.1, 0.15) is 5.82 Å². The number of aryl methyl sites for hydroxylation is 1. The molecule has 2 N–H and O–H groups in total. The smallest absolute Gasteiger partial charge is 0.123 e. The zero-order chi connectivity index (χ0) is 13.1. The maximum Gasteiger partial charge on any atom is 0.123 e. The Kier molecular flexibility index (Phi) is 3.47. The second-order valence-electron chi connectivity index (χ2n) is 4.98. The first-order chi connectivity index (χ1) is 9.33. The molecule has 3 rings (SSSR count). The van der Waals surface area contributed by atoms with Crippen molar-refractivity contribution in [2.75, 3.05) is 5.73 Å². The topological polar surface area (TPSA) is 48.1 Å². The Morgan fingerprint density at radius 2 is 2.16 bits per heavy atom. The molecular weight excluding hydrogens is 236 g/mol. The highest BCUT2D eigenvalue weighted by atomic mass is 16.5. The zero-order valence-corrected chi connectivity index (χ0v) is 10.9. The molecule has 3 heteroatoms. The van der Waals surface area contributed by atoms with Gasteiger partial charge in [-0.05, 0) is 48.1 Å². The quantitative estimate of drug-likeness (QED) is 0.914. The minimum Gasteiger partial charge on any atom is -0.384 e. The normalized spacial score (nSPS) is 18.0. The average molecular weight is 254 g/mol. The molecule has 2 aromatic rings. The Morgan fingerprint density at radius 1 is 1.26 bits per heavy atom. The average Bonchev–Trinajstić information content (AvgIpc) is 2.45. The lowest BCUT2D eigenvalue weighted by molar-refractivity contribution is 0.0282. The third-order valence-corrected chi connectivity index (χ3v) is 3.61. The van der Waals surface area contributed by atoms with Crippen molar-refractivity contribution in [3.63, 3.8) is 0 Å². The standard InChI is InChI=1S/C16H18N2O/c17-16-10-12(8-9-18-16)11-19-15-7-3-5-13-4-1-2-6-14(13)15/h1-2,4,6,8-10,15H,3,5,7,11H2,(H2,17,18)/t15-/m1/s1. The first kappa shape index (κ1) is 12.2. The summed E-state index contributed by atoms with van der Waals surface area (Å²) >= 11 is 0. The molecule has 0 saturated heterocycles. The predicted octanol–water partition coefficient (Wildman–Crippen LogP) is 3.26. The lowest BCUT2D eigenvalue weighted by Crippen LogP contribution is -2.12. The van der Waals surface area contributed by atoms with Crippen LogP contribution in [0.2, 0.25) is 0 Å². The Labute approximate surface area is 113 Å². The van der Waals surface area contributed by atoms with Gasteiger partial charge in [0, 0.05) is 6.20 Å². The van der Waals surface area contributed by atoms with Crippen molar-refractivity contribution < 1.29 is 4.74 Å². The summed E-state index contributed by atoms with van der Waals surface area (Å²) in [5.41, 5.74) is 9.52. The summed E-state index contributed by atoms with van der Waals surface area (Å²) < 4.78 is 6.07. The summed E-state index contributed by atoms with van der Waals surface area (Å²) in [6.45, 7) is 0.589. The van der Waals surface area contributed by atoms with E-state index in [0.717, 1.165) is 18.4 Å². The Hall–Kier alpha value is -1.87. The molecule has 1 atom stereocenters. The van der Waals surface area contributed by atoms with Gasteiger partial charge in [0.05, 0.1) is 12.7 Å². The van der Waals surface area contributed by atoms with Crippen molar-refractivity contribution in [3.8, 4) is 0 Å². The van der Waals surface area contributed by atoms with Crippen LogP contribution in [0.3, 0.4) is 0 Å². The van der Waals surface area contributed by atoms with Gasteiger partial charge in [-0.2, -0.15) is 0 Å². The third kappa shape index (κ3) is 2.76. The highest BCUT2D eigenvalue weighted by Gasteiger charge is 2.20. The molecule has 1 aromatic heterocycles. The minimum atomic E-state index is 0.208. The highest BCUT2D eigenvalue weighted by Crippen LogP contribution is 2.32. The summed E-state index contributed by atoms with van der Waals surface area (Å²) in [5.74, 6) is 0.546. The van der Waals surface area contributed by atoms with Gasteiger partial charge in [0.2, 0.25) is 0 Å². The molecule has 19 heavy (non-hydrogen) atoms. The molecule has 0 bridgehead atoms. The van der Waals surface area contributed by atoms with E-state index in [0.29, 0.717) is 12.4 Å². The number of nitrogens with two attached hydrogens (primary N) is 1. The van der Waals surface area contributed by atoms with Crippen molar-refractivity contribution in [1.29, 1.82) is 0 Å². The fourth-order valence-corrected chi connectivity index (χ4v) is 2.66. The van der Waals surface area contributed by atoms with E-state index in [1.54, 1.807) is 6.20 Å². The summed E-state index contributed by atoms with van der Waals surface area (Å²) in [5, 5.41) is 0. The second kappa shape index (κ2) is 5.41. The zero-order valence-electron chi connectivity index (χ0n) is 10.9. The summed E-state index contributed by atoms with van der Waals surface area (Å²) in [6, 6.07) is 12.4. The van der Waals surface area contributed by atoms with E-state index in [1.807, 2.05) is 12.1 Å². The molecule has 1 aromatic carbocycles. The van der Waals surface area contributed by atoms with Crippen LogP contribution in [0.15, 0.2) is 42.6 Å². The van der Waals surface area contributed by atoms with Crippen LogP contribution >= 0.6 is 0 Å². The lowest BCUT2D eigenvalue weighted by atomic mass is 9.89. The molecule has 1 aliphatic carbocycles. The minimum absolute atomic E-state index is 0.208. The van der Waals surface area contributed by atoms with Crippen LogP contribution in [0.1, 0.15) is 35.6 Å². The largest absolute Gasteiger partial charge is 0.384 e. The number of ether oxygens (including phenoxy) is 1. The summed E-state index contributed by atoms with van der Waals surface area (Å²) in [6.07, 6.45) is 5.39. The highest BCUT2D eigenvalue weighted by molar-refractivity contribution is 5.32. The molecule has 0 amide bonds. The Morgan fingerprint density at radius 3 is 3.05 bits per heavy atom. The van der Waals surface area contributed by atoms with Crippen LogP contribution in [0.4, 0.5) is 5.82 Å². The van der Waals surface area contributed by atoms with Crippen molar-refractivity contribution >= 4 is 5.82 Å². The van der Waals surface area contributed by atoms with E-state index in [2.05, 4.69) is 29.2 Å². The molecule has 0 aliphatic heterocycles. The predicted molar refractivity (Wildman–Crippen MR) is 75.6 cm³/mol. The fourth-order valence-electron chi connectivity index (χ4n) is 2.66. The van der Waals surface area contributed by atoms with Gasteiger partial charge in [-0.25, -0.2) is 4.98 Å². The Bertz CT molecular complexity index is 568. The van der Waals surface area contributed by atoms with Crippen LogP contribution in [-0.2, 0) is 17.8 Å². The molecular formula is C16H18N2O. The van der Waals surface area contributed by atoms with Gasteiger partial charge in [0.15, 0.2) is 0 Å². The maximum atomic E-state index is 6.07.